The van der Waals surface area contributed by atoms with Crippen molar-refractivity contribution in [3.05, 3.63) is 0 Å². The number of nitrogens with one attached hydrogen (secondary N) is 1. The van der Waals surface area contributed by atoms with Crippen LogP contribution in [0.2, 0.25) is 0 Å². The van der Waals surface area contributed by atoms with Gasteiger partial charge in [0, 0.05) is 12.0 Å². The van der Waals surface area contributed by atoms with Gasteiger partial charge in [-0.2, -0.15) is 0 Å². The van der Waals surface area contributed by atoms with Crippen molar-refractivity contribution in [3.63, 3.8) is 0 Å². The predicted octanol–water partition coefficient (Wildman–Crippen LogP) is 1.69. The largest absolute Gasteiger partial charge is 0.481 e. The molecule has 1 heterocycles. The lowest BCUT2D eigenvalue weighted by Gasteiger charge is -2.19. The van der Waals surface area contributed by atoms with Gasteiger partial charge in [0.1, 0.15) is 5.41 Å². The van der Waals surface area contributed by atoms with Crippen LogP contribution in [0.4, 0.5) is 0 Å². The highest BCUT2D eigenvalue weighted by Gasteiger charge is 2.40. The number of carbonyl (C=O) groups excluding carboxylic acids is 1. The van der Waals surface area contributed by atoms with Crippen molar-refractivity contribution < 1.29 is 14.7 Å². The molecule has 1 saturated heterocycles. The first-order valence-corrected chi connectivity index (χ1v) is 6.28. The fraction of sp³-hybridized carbons (Fsp3) is 0.846. The molecule has 4 nitrogen and oxygen atoms in total. The second-order valence-electron chi connectivity index (χ2n) is 5.79. The van der Waals surface area contributed by atoms with E-state index in [-0.39, 0.29) is 11.7 Å². The van der Waals surface area contributed by atoms with E-state index in [1.165, 1.54) is 33.2 Å². The van der Waals surface area contributed by atoms with Crippen molar-refractivity contribution in [1.29, 1.82) is 0 Å². The quantitative estimate of drug-likeness (QED) is 0.738. The number of hydrogen-bond acceptors (Lipinski definition) is 3. The molecule has 0 amide bonds. The van der Waals surface area contributed by atoms with Crippen LogP contribution in [0, 0.1) is 17.3 Å². The molecule has 98 valence electrons. The Labute approximate surface area is 103 Å². The Morgan fingerprint density at radius 1 is 1.35 bits per heavy atom. The van der Waals surface area contributed by atoms with E-state index < -0.39 is 11.4 Å². The minimum absolute atomic E-state index is 0.221. The van der Waals surface area contributed by atoms with E-state index in [0.717, 1.165) is 12.0 Å². The summed E-state index contributed by atoms with van der Waals surface area (Å²) in [5, 5.41) is 12.0. The first-order valence-electron chi connectivity index (χ1n) is 6.28. The molecular formula is C13H23NO3. The summed E-state index contributed by atoms with van der Waals surface area (Å²) in [7, 11) is 0. The van der Waals surface area contributed by atoms with Crippen molar-refractivity contribution in [2.75, 3.05) is 6.54 Å². The molecule has 17 heavy (non-hydrogen) atoms. The Balaban J connectivity index is 0.000000196. The lowest BCUT2D eigenvalue weighted by molar-refractivity contribution is -0.153. The number of carboxylic acids is 1. The normalized spacial score (nSPS) is 25.9. The summed E-state index contributed by atoms with van der Waals surface area (Å²) in [6, 6.07) is 0.963. The monoisotopic (exact) mass is 241 g/mol. The van der Waals surface area contributed by atoms with Crippen molar-refractivity contribution in [1.82, 2.24) is 5.32 Å². The molecule has 1 aliphatic carbocycles. The summed E-state index contributed by atoms with van der Waals surface area (Å²) < 4.78 is 0. The topological polar surface area (TPSA) is 66.4 Å². The lowest BCUT2D eigenvalue weighted by Crippen LogP contribution is -2.36. The Hall–Kier alpha value is -0.900. The van der Waals surface area contributed by atoms with Crippen molar-refractivity contribution in [2.45, 2.75) is 46.6 Å². The molecule has 2 unspecified atom stereocenters. The van der Waals surface area contributed by atoms with Crippen molar-refractivity contribution in [2.24, 2.45) is 17.3 Å². The number of hydrogen-bond donors (Lipinski definition) is 2. The van der Waals surface area contributed by atoms with Gasteiger partial charge in [-0.05, 0) is 39.2 Å². The highest BCUT2D eigenvalue weighted by Crippen LogP contribution is 2.37. The van der Waals surface area contributed by atoms with Gasteiger partial charge >= 0.3 is 5.97 Å². The average molecular weight is 241 g/mol. The number of carbonyl (C=O) groups is 2. The van der Waals surface area contributed by atoms with Crippen LogP contribution >= 0.6 is 0 Å². The van der Waals surface area contributed by atoms with Crippen LogP contribution in [0.3, 0.4) is 0 Å². The molecule has 0 bridgehead atoms. The zero-order chi connectivity index (χ0) is 13.2. The van der Waals surface area contributed by atoms with Crippen LogP contribution in [-0.2, 0) is 9.59 Å². The van der Waals surface area contributed by atoms with Gasteiger partial charge in [-0.25, -0.2) is 0 Å². The van der Waals surface area contributed by atoms with Crippen LogP contribution in [0.5, 0.6) is 0 Å². The van der Waals surface area contributed by atoms with E-state index >= 15 is 0 Å². The standard InChI is InChI=1S/C8H14O3.C5H9N/c1-5(2)6(9)8(3,4)7(10)11;1-2-6-5-3-4(1)5/h5H,1-4H3,(H,10,11);4-6H,1-3H2. The fourth-order valence-corrected chi connectivity index (χ4v) is 2.10. The Morgan fingerprint density at radius 3 is 2.06 bits per heavy atom. The first-order chi connectivity index (χ1) is 7.76. The van der Waals surface area contributed by atoms with Crippen LogP contribution < -0.4 is 5.32 Å². The molecule has 0 aromatic rings. The van der Waals surface area contributed by atoms with E-state index in [0.29, 0.717) is 0 Å². The lowest BCUT2D eigenvalue weighted by atomic mass is 9.83. The molecule has 4 heteroatoms. The van der Waals surface area contributed by atoms with Gasteiger partial charge in [0.2, 0.25) is 0 Å². The number of piperidine rings is 1. The van der Waals surface area contributed by atoms with Gasteiger partial charge in [0.05, 0.1) is 0 Å². The molecule has 2 N–H and O–H groups in total. The number of fused-ring (bicyclic) bond motifs is 1. The zero-order valence-electron chi connectivity index (χ0n) is 11.1. The molecule has 0 aromatic heterocycles. The highest BCUT2D eigenvalue weighted by molar-refractivity contribution is 6.02. The van der Waals surface area contributed by atoms with Gasteiger partial charge in [-0.15, -0.1) is 0 Å². The highest BCUT2D eigenvalue weighted by atomic mass is 16.4. The van der Waals surface area contributed by atoms with Crippen molar-refractivity contribution >= 4 is 11.8 Å². The summed E-state index contributed by atoms with van der Waals surface area (Å²) >= 11 is 0. The summed E-state index contributed by atoms with van der Waals surface area (Å²) in [5.74, 6) is -0.410. The molecule has 0 radical (unpaired) electrons. The van der Waals surface area contributed by atoms with Crippen LogP contribution in [0.25, 0.3) is 0 Å². The van der Waals surface area contributed by atoms with Gasteiger partial charge in [0.15, 0.2) is 5.78 Å². The summed E-state index contributed by atoms with van der Waals surface area (Å²) in [5.41, 5.74) is -1.24. The van der Waals surface area contributed by atoms with E-state index in [2.05, 4.69) is 5.32 Å². The van der Waals surface area contributed by atoms with Crippen LogP contribution in [-0.4, -0.2) is 29.4 Å². The minimum atomic E-state index is -1.24. The molecule has 2 atom stereocenters. The second kappa shape index (κ2) is 5.17. The number of carboxylic acid groups (broad SMARTS) is 1. The molecular weight excluding hydrogens is 218 g/mol. The molecule has 0 aromatic carbocycles. The molecule has 2 fully saturated rings. The van der Waals surface area contributed by atoms with E-state index in [1.54, 1.807) is 13.8 Å². The van der Waals surface area contributed by atoms with Crippen LogP contribution in [0.1, 0.15) is 40.5 Å². The third kappa shape index (κ3) is 3.53. The van der Waals surface area contributed by atoms with E-state index in [4.69, 9.17) is 5.11 Å². The van der Waals surface area contributed by atoms with Gasteiger partial charge in [0.25, 0.3) is 0 Å². The third-order valence-electron chi connectivity index (χ3n) is 3.52. The Morgan fingerprint density at radius 2 is 1.94 bits per heavy atom. The molecule has 2 rings (SSSR count). The first kappa shape index (κ1) is 14.2. The molecule has 1 aliphatic heterocycles. The maximum atomic E-state index is 11.2. The minimum Gasteiger partial charge on any atom is -0.481 e. The maximum Gasteiger partial charge on any atom is 0.316 e. The van der Waals surface area contributed by atoms with Crippen LogP contribution in [0.15, 0.2) is 0 Å². The van der Waals surface area contributed by atoms with Gasteiger partial charge in [-0.1, -0.05) is 13.8 Å². The summed E-state index contributed by atoms with van der Waals surface area (Å²) in [6.07, 6.45) is 2.92. The van der Waals surface area contributed by atoms with E-state index in [9.17, 15) is 9.59 Å². The second-order valence-corrected chi connectivity index (χ2v) is 5.79. The summed E-state index contributed by atoms with van der Waals surface area (Å²) in [4.78, 5) is 21.8. The third-order valence-corrected chi connectivity index (χ3v) is 3.52. The van der Waals surface area contributed by atoms with E-state index in [1.807, 2.05) is 0 Å². The number of ketones is 1. The SMILES string of the molecule is C1CC2CC2N1.CC(C)C(=O)C(C)(C)C(=O)O. The Bertz CT molecular complexity index is 302. The number of Topliss-reactive ketones (excluding diaryl/α,β-unsaturated/α-hetero) is 1. The van der Waals surface area contributed by atoms with Gasteiger partial charge < -0.3 is 10.4 Å². The molecule has 1 saturated carbocycles. The number of rotatable bonds is 3. The van der Waals surface area contributed by atoms with Gasteiger partial charge in [-0.3, -0.25) is 9.59 Å². The average Bonchev–Trinajstić information content (AvgIpc) is 2.85. The fourth-order valence-electron chi connectivity index (χ4n) is 2.10. The zero-order valence-corrected chi connectivity index (χ0v) is 11.1. The van der Waals surface area contributed by atoms with Crippen molar-refractivity contribution in [3.8, 4) is 0 Å². The summed E-state index contributed by atoms with van der Waals surface area (Å²) in [6.45, 7) is 7.55. The Kier molecular flexibility index (Phi) is 4.31. The number of aliphatic carboxylic acids is 1. The smallest absolute Gasteiger partial charge is 0.316 e. The maximum absolute atomic E-state index is 11.2. The molecule has 0 spiro atoms. The predicted molar refractivity (Wildman–Crippen MR) is 65.8 cm³/mol. The molecule has 2 aliphatic rings.